The molecule has 0 unspecified atom stereocenters. The summed E-state index contributed by atoms with van der Waals surface area (Å²) >= 11 is 6.11. The SMILES string of the molecule is COc1ccc(NCCC(=O)N2CCCc3ccccc32)cc1Cl. The Hall–Kier alpha value is -2.20. The van der Waals surface area contributed by atoms with E-state index in [1.54, 1.807) is 13.2 Å². The largest absolute Gasteiger partial charge is 0.495 e. The molecule has 0 aliphatic carbocycles. The number of ether oxygens (including phenoxy) is 1. The van der Waals surface area contributed by atoms with E-state index in [9.17, 15) is 4.79 Å². The molecule has 0 bridgehead atoms. The summed E-state index contributed by atoms with van der Waals surface area (Å²) < 4.78 is 5.13. The number of halogens is 1. The van der Waals surface area contributed by atoms with Crippen molar-refractivity contribution in [2.24, 2.45) is 0 Å². The maximum absolute atomic E-state index is 12.6. The highest BCUT2D eigenvalue weighted by molar-refractivity contribution is 6.32. The Morgan fingerprint density at radius 1 is 1.29 bits per heavy atom. The molecule has 3 rings (SSSR count). The molecule has 5 heteroatoms. The van der Waals surface area contributed by atoms with Crippen molar-refractivity contribution in [1.82, 2.24) is 0 Å². The smallest absolute Gasteiger partial charge is 0.228 e. The monoisotopic (exact) mass is 344 g/mol. The number of para-hydroxylation sites is 1. The zero-order chi connectivity index (χ0) is 16.9. The molecule has 126 valence electrons. The van der Waals surface area contributed by atoms with E-state index < -0.39 is 0 Å². The minimum absolute atomic E-state index is 0.147. The van der Waals surface area contributed by atoms with Gasteiger partial charge in [-0.15, -0.1) is 0 Å². The van der Waals surface area contributed by atoms with E-state index in [0.717, 1.165) is 30.8 Å². The van der Waals surface area contributed by atoms with Crippen LogP contribution in [0.15, 0.2) is 42.5 Å². The molecular formula is C19H21ClN2O2. The van der Waals surface area contributed by atoms with Crippen LogP contribution in [0.5, 0.6) is 5.75 Å². The van der Waals surface area contributed by atoms with Crippen LogP contribution in [0, 0.1) is 0 Å². The van der Waals surface area contributed by atoms with Crippen LogP contribution in [0.2, 0.25) is 5.02 Å². The van der Waals surface area contributed by atoms with E-state index in [1.165, 1.54) is 5.56 Å². The van der Waals surface area contributed by atoms with Crippen LogP contribution >= 0.6 is 11.6 Å². The van der Waals surface area contributed by atoms with Crippen LogP contribution in [-0.4, -0.2) is 26.1 Å². The summed E-state index contributed by atoms with van der Waals surface area (Å²) in [5, 5.41) is 3.80. The molecule has 2 aromatic carbocycles. The molecule has 4 nitrogen and oxygen atoms in total. The standard InChI is InChI=1S/C19H21ClN2O2/c1-24-18-9-8-15(13-16(18)20)21-11-10-19(23)22-12-4-6-14-5-2-3-7-17(14)22/h2-3,5,7-9,13,21H,4,6,10-12H2,1H3. The molecule has 1 N–H and O–H groups in total. The molecule has 1 heterocycles. The summed E-state index contributed by atoms with van der Waals surface area (Å²) in [5.74, 6) is 0.789. The van der Waals surface area contributed by atoms with Crippen molar-refractivity contribution in [3.8, 4) is 5.75 Å². The van der Waals surface area contributed by atoms with Gasteiger partial charge in [-0.05, 0) is 42.7 Å². The summed E-state index contributed by atoms with van der Waals surface area (Å²) in [6.45, 7) is 1.37. The Morgan fingerprint density at radius 2 is 2.12 bits per heavy atom. The van der Waals surface area contributed by atoms with Gasteiger partial charge in [0.15, 0.2) is 0 Å². The average molecular weight is 345 g/mol. The minimum atomic E-state index is 0.147. The van der Waals surface area contributed by atoms with Crippen LogP contribution < -0.4 is 15.0 Å². The number of benzene rings is 2. The first-order chi connectivity index (χ1) is 11.7. The van der Waals surface area contributed by atoms with Gasteiger partial charge in [-0.2, -0.15) is 0 Å². The third-order valence-corrected chi connectivity index (χ3v) is 4.53. The van der Waals surface area contributed by atoms with Crippen LogP contribution in [0.25, 0.3) is 0 Å². The highest BCUT2D eigenvalue weighted by atomic mass is 35.5. The number of nitrogens with one attached hydrogen (secondary N) is 1. The second-order valence-corrected chi connectivity index (χ2v) is 6.21. The number of hydrogen-bond acceptors (Lipinski definition) is 3. The quantitative estimate of drug-likeness (QED) is 0.886. The first-order valence-electron chi connectivity index (χ1n) is 8.14. The van der Waals surface area contributed by atoms with Crippen molar-refractivity contribution in [2.75, 3.05) is 30.4 Å². The lowest BCUT2D eigenvalue weighted by molar-refractivity contribution is -0.118. The molecule has 2 aromatic rings. The van der Waals surface area contributed by atoms with E-state index in [2.05, 4.69) is 11.4 Å². The molecule has 0 spiro atoms. The van der Waals surface area contributed by atoms with Gasteiger partial charge in [0.2, 0.25) is 5.91 Å². The van der Waals surface area contributed by atoms with Gasteiger partial charge in [-0.1, -0.05) is 29.8 Å². The minimum Gasteiger partial charge on any atom is -0.495 e. The zero-order valence-electron chi connectivity index (χ0n) is 13.7. The number of hydrogen-bond donors (Lipinski definition) is 1. The fourth-order valence-corrected chi connectivity index (χ4v) is 3.28. The van der Waals surface area contributed by atoms with Crippen LogP contribution in [-0.2, 0) is 11.2 Å². The van der Waals surface area contributed by atoms with E-state index in [-0.39, 0.29) is 5.91 Å². The Balaban J connectivity index is 1.58. The van der Waals surface area contributed by atoms with Gasteiger partial charge in [-0.3, -0.25) is 4.79 Å². The molecular weight excluding hydrogens is 324 g/mol. The molecule has 24 heavy (non-hydrogen) atoms. The van der Waals surface area contributed by atoms with E-state index in [4.69, 9.17) is 16.3 Å². The molecule has 0 fully saturated rings. The van der Waals surface area contributed by atoms with Crippen LogP contribution in [0.3, 0.4) is 0 Å². The fraction of sp³-hybridized carbons (Fsp3) is 0.316. The van der Waals surface area contributed by atoms with E-state index in [1.807, 2.05) is 35.2 Å². The number of nitrogens with zero attached hydrogens (tertiary/aromatic N) is 1. The van der Waals surface area contributed by atoms with Crippen molar-refractivity contribution in [1.29, 1.82) is 0 Å². The third-order valence-electron chi connectivity index (χ3n) is 4.23. The highest BCUT2D eigenvalue weighted by Gasteiger charge is 2.21. The van der Waals surface area contributed by atoms with Gasteiger partial charge in [-0.25, -0.2) is 0 Å². The first kappa shape index (κ1) is 16.7. The maximum atomic E-state index is 12.6. The molecule has 1 aliphatic rings. The second kappa shape index (κ2) is 7.58. The predicted molar refractivity (Wildman–Crippen MR) is 98.2 cm³/mol. The Labute approximate surface area is 147 Å². The number of carbonyl (C=O) groups excluding carboxylic acids is 1. The lowest BCUT2D eigenvalue weighted by atomic mass is 10.0. The summed E-state index contributed by atoms with van der Waals surface area (Å²) in [6, 6.07) is 13.7. The number of carbonyl (C=O) groups is 1. The number of fused-ring (bicyclic) bond motifs is 1. The van der Waals surface area contributed by atoms with Crippen molar-refractivity contribution in [3.05, 3.63) is 53.1 Å². The topological polar surface area (TPSA) is 41.6 Å². The van der Waals surface area contributed by atoms with Crippen molar-refractivity contribution >= 4 is 28.9 Å². The summed E-state index contributed by atoms with van der Waals surface area (Å²) in [4.78, 5) is 14.5. The van der Waals surface area contributed by atoms with Crippen LogP contribution in [0.1, 0.15) is 18.4 Å². The predicted octanol–water partition coefficient (Wildman–Crippen LogP) is 4.13. The summed E-state index contributed by atoms with van der Waals surface area (Å²) in [6.07, 6.45) is 2.50. The molecule has 0 radical (unpaired) electrons. The maximum Gasteiger partial charge on any atom is 0.228 e. The number of amides is 1. The van der Waals surface area contributed by atoms with Gasteiger partial charge in [0.05, 0.1) is 12.1 Å². The first-order valence-corrected chi connectivity index (χ1v) is 8.52. The fourth-order valence-electron chi connectivity index (χ4n) is 3.02. The molecule has 0 aromatic heterocycles. The van der Waals surface area contributed by atoms with Gasteiger partial charge < -0.3 is 15.0 Å². The molecule has 0 saturated heterocycles. The normalized spacial score (nSPS) is 13.3. The molecule has 0 atom stereocenters. The van der Waals surface area contributed by atoms with Crippen molar-refractivity contribution in [2.45, 2.75) is 19.3 Å². The van der Waals surface area contributed by atoms with Gasteiger partial charge in [0.25, 0.3) is 0 Å². The highest BCUT2D eigenvalue weighted by Crippen LogP contribution is 2.28. The number of aryl methyl sites for hydroxylation is 1. The summed E-state index contributed by atoms with van der Waals surface area (Å²) in [7, 11) is 1.59. The van der Waals surface area contributed by atoms with Gasteiger partial charge in [0.1, 0.15) is 5.75 Å². The van der Waals surface area contributed by atoms with Gasteiger partial charge >= 0.3 is 0 Å². The number of methoxy groups -OCH3 is 1. The lowest BCUT2D eigenvalue weighted by Gasteiger charge is -2.29. The van der Waals surface area contributed by atoms with Gasteiger partial charge in [0, 0.05) is 30.9 Å². The number of anilines is 2. The average Bonchev–Trinajstić information content (AvgIpc) is 2.61. The third kappa shape index (κ3) is 3.65. The Morgan fingerprint density at radius 3 is 2.92 bits per heavy atom. The van der Waals surface area contributed by atoms with Crippen LogP contribution in [0.4, 0.5) is 11.4 Å². The molecule has 0 saturated carbocycles. The summed E-state index contributed by atoms with van der Waals surface area (Å²) in [5.41, 5.74) is 3.20. The zero-order valence-corrected chi connectivity index (χ0v) is 14.5. The van der Waals surface area contributed by atoms with Crippen molar-refractivity contribution in [3.63, 3.8) is 0 Å². The molecule has 1 aliphatic heterocycles. The Kier molecular flexibility index (Phi) is 5.26. The van der Waals surface area contributed by atoms with E-state index >= 15 is 0 Å². The molecule has 1 amide bonds. The lowest BCUT2D eigenvalue weighted by Crippen LogP contribution is -2.36. The number of rotatable bonds is 5. The van der Waals surface area contributed by atoms with Crippen molar-refractivity contribution < 1.29 is 9.53 Å². The second-order valence-electron chi connectivity index (χ2n) is 5.80. The Bertz CT molecular complexity index is 733. The van der Waals surface area contributed by atoms with E-state index in [0.29, 0.717) is 23.7 Å².